The Labute approximate surface area is 120 Å². The maximum Gasteiger partial charge on any atom is 0.272 e. The second-order valence-electron chi connectivity index (χ2n) is 5.33. The first-order valence-electron chi connectivity index (χ1n) is 7.24. The average Bonchev–Trinajstić information content (AvgIpc) is 2.44. The van der Waals surface area contributed by atoms with Gasteiger partial charge in [-0.1, -0.05) is 6.92 Å². The van der Waals surface area contributed by atoms with Crippen molar-refractivity contribution in [3.63, 3.8) is 0 Å². The Morgan fingerprint density at radius 1 is 1.40 bits per heavy atom. The molecule has 20 heavy (non-hydrogen) atoms. The normalized spacial score (nSPS) is 22.6. The van der Waals surface area contributed by atoms with Gasteiger partial charge < -0.3 is 15.0 Å². The van der Waals surface area contributed by atoms with Crippen molar-refractivity contribution in [2.24, 2.45) is 0 Å². The fourth-order valence-electron chi connectivity index (χ4n) is 2.40. The van der Waals surface area contributed by atoms with E-state index >= 15 is 0 Å². The SMILES string of the molecule is CCCNc1ccc(C(=O)N2CC(C)OC(C)C2)nc1. The van der Waals surface area contributed by atoms with Gasteiger partial charge in [0.1, 0.15) is 5.69 Å². The predicted molar refractivity (Wildman–Crippen MR) is 78.9 cm³/mol. The molecule has 1 saturated heterocycles. The van der Waals surface area contributed by atoms with E-state index in [1.165, 1.54) is 0 Å². The molecule has 2 heterocycles. The number of aromatic nitrogens is 1. The van der Waals surface area contributed by atoms with Crippen molar-refractivity contribution in [1.29, 1.82) is 0 Å². The van der Waals surface area contributed by atoms with Crippen molar-refractivity contribution in [3.8, 4) is 0 Å². The van der Waals surface area contributed by atoms with Crippen LogP contribution >= 0.6 is 0 Å². The van der Waals surface area contributed by atoms with Gasteiger partial charge >= 0.3 is 0 Å². The molecule has 1 aromatic rings. The van der Waals surface area contributed by atoms with E-state index < -0.39 is 0 Å². The molecule has 5 nitrogen and oxygen atoms in total. The fourth-order valence-corrected chi connectivity index (χ4v) is 2.40. The van der Waals surface area contributed by atoms with Gasteiger partial charge in [0.05, 0.1) is 24.1 Å². The van der Waals surface area contributed by atoms with Gasteiger partial charge in [0.25, 0.3) is 5.91 Å². The number of carbonyl (C=O) groups excluding carboxylic acids is 1. The Kier molecular flexibility index (Phi) is 4.95. The highest BCUT2D eigenvalue weighted by molar-refractivity contribution is 5.92. The molecule has 1 aromatic heterocycles. The van der Waals surface area contributed by atoms with Crippen molar-refractivity contribution in [1.82, 2.24) is 9.88 Å². The molecule has 0 aliphatic carbocycles. The van der Waals surface area contributed by atoms with Crippen LogP contribution in [0.5, 0.6) is 0 Å². The zero-order valence-electron chi connectivity index (χ0n) is 12.4. The minimum atomic E-state index is -0.0194. The topological polar surface area (TPSA) is 54.5 Å². The van der Waals surface area contributed by atoms with E-state index in [2.05, 4.69) is 17.2 Å². The Morgan fingerprint density at radius 3 is 2.65 bits per heavy atom. The Hall–Kier alpha value is -1.62. The number of amides is 1. The number of hydrogen-bond acceptors (Lipinski definition) is 4. The lowest BCUT2D eigenvalue weighted by Gasteiger charge is -2.35. The van der Waals surface area contributed by atoms with E-state index in [4.69, 9.17) is 4.74 Å². The maximum atomic E-state index is 12.4. The molecule has 0 aromatic carbocycles. The quantitative estimate of drug-likeness (QED) is 0.916. The lowest BCUT2D eigenvalue weighted by Crippen LogP contribution is -2.48. The molecular weight excluding hydrogens is 254 g/mol. The van der Waals surface area contributed by atoms with Gasteiger partial charge in [-0.3, -0.25) is 4.79 Å². The molecule has 0 saturated carbocycles. The van der Waals surface area contributed by atoms with Gasteiger partial charge in [0, 0.05) is 19.6 Å². The number of anilines is 1. The molecule has 1 aliphatic rings. The first-order valence-corrected chi connectivity index (χ1v) is 7.24. The van der Waals surface area contributed by atoms with Crippen molar-refractivity contribution in [2.75, 3.05) is 25.0 Å². The summed E-state index contributed by atoms with van der Waals surface area (Å²) in [7, 11) is 0. The van der Waals surface area contributed by atoms with Gasteiger partial charge in [-0.15, -0.1) is 0 Å². The monoisotopic (exact) mass is 277 g/mol. The van der Waals surface area contributed by atoms with Crippen LogP contribution in [-0.4, -0.2) is 47.6 Å². The largest absolute Gasteiger partial charge is 0.384 e. The summed E-state index contributed by atoms with van der Waals surface area (Å²) in [5, 5.41) is 3.25. The van der Waals surface area contributed by atoms with Crippen molar-refractivity contribution in [3.05, 3.63) is 24.0 Å². The van der Waals surface area contributed by atoms with Gasteiger partial charge in [-0.25, -0.2) is 4.98 Å². The van der Waals surface area contributed by atoms with Crippen LogP contribution in [0.4, 0.5) is 5.69 Å². The molecule has 2 atom stereocenters. The average molecular weight is 277 g/mol. The fraction of sp³-hybridized carbons (Fsp3) is 0.600. The van der Waals surface area contributed by atoms with E-state index in [0.29, 0.717) is 18.8 Å². The summed E-state index contributed by atoms with van der Waals surface area (Å²) in [6, 6.07) is 3.69. The number of pyridine rings is 1. The summed E-state index contributed by atoms with van der Waals surface area (Å²) < 4.78 is 5.64. The van der Waals surface area contributed by atoms with Crippen molar-refractivity contribution >= 4 is 11.6 Å². The lowest BCUT2D eigenvalue weighted by molar-refractivity contribution is -0.0587. The number of morpholine rings is 1. The van der Waals surface area contributed by atoms with Gasteiger partial charge in [0.15, 0.2) is 0 Å². The standard InChI is InChI=1S/C15H23N3O2/c1-4-7-16-13-5-6-14(17-8-13)15(19)18-9-11(2)20-12(3)10-18/h5-6,8,11-12,16H,4,7,9-10H2,1-3H3. The van der Waals surface area contributed by atoms with Gasteiger partial charge in [0.2, 0.25) is 0 Å². The Morgan fingerprint density at radius 2 is 2.10 bits per heavy atom. The van der Waals surface area contributed by atoms with Gasteiger partial charge in [-0.05, 0) is 32.4 Å². The molecule has 0 bridgehead atoms. The first-order chi connectivity index (χ1) is 9.60. The highest BCUT2D eigenvalue weighted by Gasteiger charge is 2.27. The van der Waals surface area contributed by atoms with Crippen LogP contribution in [0.25, 0.3) is 0 Å². The summed E-state index contributed by atoms with van der Waals surface area (Å²) in [5.41, 5.74) is 1.44. The molecule has 0 radical (unpaired) electrons. The summed E-state index contributed by atoms with van der Waals surface area (Å²) in [5.74, 6) is -0.0194. The number of nitrogens with one attached hydrogen (secondary N) is 1. The third-order valence-electron chi connectivity index (χ3n) is 3.27. The second-order valence-corrected chi connectivity index (χ2v) is 5.33. The highest BCUT2D eigenvalue weighted by Crippen LogP contribution is 2.14. The Bertz CT molecular complexity index is 437. The van der Waals surface area contributed by atoms with Crippen LogP contribution in [0.15, 0.2) is 18.3 Å². The van der Waals surface area contributed by atoms with Gasteiger partial charge in [-0.2, -0.15) is 0 Å². The van der Waals surface area contributed by atoms with E-state index in [1.807, 2.05) is 24.8 Å². The van der Waals surface area contributed by atoms with Crippen LogP contribution in [0.1, 0.15) is 37.7 Å². The molecule has 2 unspecified atom stereocenters. The lowest BCUT2D eigenvalue weighted by atomic mass is 10.2. The van der Waals surface area contributed by atoms with Crippen LogP contribution in [0, 0.1) is 0 Å². The molecule has 0 spiro atoms. The zero-order valence-corrected chi connectivity index (χ0v) is 12.4. The second kappa shape index (κ2) is 6.70. The minimum absolute atomic E-state index is 0.0194. The summed E-state index contributed by atoms with van der Waals surface area (Å²) in [6.45, 7) is 8.25. The zero-order chi connectivity index (χ0) is 14.5. The van der Waals surface area contributed by atoms with Crippen LogP contribution in [0.3, 0.4) is 0 Å². The van der Waals surface area contributed by atoms with Crippen LogP contribution in [-0.2, 0) is 4.74 Å². The number of nitrogens with zero attached hydrogens (tertiary/aromatic N) is 2. The molecule has 1 aliphatic heterocycles. The summed E-state index contributed by atoms with van der Waals surface area (Å²) in [6.07, 6.45) is 2.93. The molecule has 110 valence electrons. The number of ether oxygens (including phenoxy) is 1. The predicted octanol–water partition coefficient (Wildman–Crippen LogP) is 2.15. The van der Waals surface area contributed by atoms with E-state index in [9.17, 15) is 4.79 Å². The van der Waals surface area contributed by atoms with E-state index in [-0.39, 0.29) is 18.1 Å². The van der Waals surface area contributed by atoms with E-state index in [0.717, 1.165) is 18.7 Å². The molecule has 1 N–H and O–H groups in total. The summed E-state index contributed by atoms with van der Waals surface area (Å²) >= 11 is 0. The van der Waals surface area contributed by atoms with Crippen LogP contribution < -0.4 is 5.32 Å². The Balaban J connectivity index is 2.01. The molecular formula is C15H23N3O2. The molecule has 5 heteroatoms. The molecule has 1 amide bonds. The highest BCUT2D eigenvalue weighted by atomic mass is 16.5. The third kappa shape index (κ3) is 3.70. The van der Waals surface area contributed by atoms with Crippen molar-refractivity contribution in [2.45, 2.75) is 39.4 Å². The minimum Gasteiger partial charge on any atom is -0.384 e. The van der Waals surface area contributed by atoms with Crippen molar-refractivity contribution < 1.29 is 9.53 Å². The van der Waals surface area contributed by atoms with Crippen LogP contribution in [0.2, 0.25) is 0 Å². The molecule has 2 rings (SSSR count). The maximum absolute atomic E-state index is 12.4. The smallest absolute Gasteiger partial charge is 0.272 e. The van der Waals surface area contributed by atoms with E-state index in [1.54, 1.807) is 12.3 Å². The first kappa shape index (κ1) is 14.8. The third-order valence-corrected chi connectivity index (χ3v) is 3.27. The summed E-state index contributed by atoms with van der Waals surface area (Å²) in [4.78, 5) is 18.5. The number of carbonyl (C=O) groups is 1. The molecule has 1 fully saturated rings. The number of rotatable bonds is 4. The number of hydrogen-bond donors (Lipinski definition) is 1.